The number of ether oxygens (including phenoxy) is 1. The van der Waals surface area contributed by atoms with Gasteiger partial charge >= 0.3 is 11.9 Å². The number of carbonyl (C=O) groups is 2. The summed E-state index contributed by atoms with van der Waals surface area (Å²) in [6, 6.07) is 16.1. The minimum absolute atomic E-state index is 0.368. The van der Waals surface area contributed by atoms with Gasteiger partial charge in [-0.25, -0.2) is 0 Å². The fourth-order valence-corrected chi connectivity index (χ4v) is 3.24. The van der Waals surface area contributed by atoms with E-state index in [0.29, 0.717) is 12.8 Å². The maximum Gasteiger partial charge on any atom is 0.317 e. The molecule has 2 unspecified atom stereocenters. The van der Waals surface area contributed by atoms with Gasteiger partial charge in [0, 0.05) is 0 Å². The molecule has 0 radical (unpaired) electrons. The number of benzene rings is 2. The SMILES string of the molecule is C=Cc1ccc(CC2C(=O)OC(=O)C2CCc2ccc(C)cc2)cc1. The third kappa shape index (κ3) is 4.05. The highest BCUT2D eigenvalue weighted by Gasteiger charge is 2.43. The van der Waals surface area contributed by atoms with E-state index < -0.39 is 11.9 Å². The Labute approximate surface area is 148 Å². The van der Waals surface area contributed by atoms with Gasteiger partial charge in [0.15, 0.2) is 0 Å². The molecule has 1 fully saturated rings. The topological polar surface area (TPSA) is 43.4 Å². The first-order valence-electron chi connectivity index (χ1n) is 8.59. The summed E-state index contributed by atoms with van der Waals surface area (Å²) in [7, 11) is 0. The zero-order valence-corrected chi connectivity index (χ0v) is 14.4. The van der Waals surface area contributed by atoms with Gasteiger partial charge in [-0.1, -0.05) is 66.7 Å². The van der Waals surface area contributed by atoms with Crippen molar-refractivity contribution in [3.05, 3.63) is 77.4 Å². The summed E-state index contributed by atoms with van der Waals surface area (Å²) < 4.78 is 4.92. The van der Waals surface area contributed by atoms with E-state index in [1.54, 1.807) is 6.08 Å². The summed E-state index contributed by atoms with van der Waals surface area (Å²) in [5.74, 6) is -1.54. The van der Waals surface area contributed by atoms with Gasteiger partial charge in [-0.2, -0.15) is 0 Å². The average molecular weight is 334 g/mol. The first-order valence-corrected chi connectivity index (χ1v) is 8.59. The Morgan fingerprint density at radius 1 is 0.920 bits per heavy atom. The smallest absolute Gasteiger partial charge is 0.317 e. The maximum atomic E-state index is 12.1. The van der Waals surface area contributed by atoms with Crippen LogP contribution in [0.25, 0.3) is 6.08 Å². The Hall–Kier alpha value is -2.68. The summed E-state index contributed by atoms with van der Waals surface area (Å²) in [6.45, 7) is 5.78. The van der Waals surface area contributed by atoms with Crippen molar-refractivity contribution < 1.29 is 14.3 Å². The fraction of sp³-hybridized carbons (Fsp3) is 0.273. The van der Waals surface area contributed by atoms with E-state index >= 15 is 0 Å². The van der Waals surface area contributed by atoms with E-state index in [-0.39, 0.29) is 11.9 Å². The van der Waals surface area contributed by atoms with Crippen LogP contribution in [0.2, 0.25) is 0 Å². The number of esters is 2. The summed E-state index contributed by atoms with van der Waals surface area (Å²) in [5, 5.41) is 0. The highest BCUT2D eigenvalue weighted by Crippen LogP contribution is 2.31. The molecular formula is C22H22O3. The molecule has 2 atom stereocenters. The van der Waals surface area contributed by atoms with E-state index in [1.165, 1.54) is 11.1 Å². The number of hydrogen-bond donors (Lipinski definition) is 0. The Morgan fingerprint density at radius 3 is 2.16 bits per heavy atom. The highest BCUT2D eigenvalue weighted by molar-refractivity contribution is 5.96. The van der Waals surface area contributed by atoms with E-state index in [9.17, 15) is 9.59 Å². The summed E-state index contributed by atoms with van der Waals surface area (Å²) in [6.07, 6.45) is 3.70. The van der Waals surface area contributed by atoms with Gasteiger partial charge < -0.3 is 4.74 Å². The summed E-state index contributed by atoms with van der Waals surface area (Å²) in [5.41, 5.74) is 4.44. The van der Waals surface area contributed by atoms with Crippen LogP contribution in [-0.2, 0) is 27.2 Å². The lowest BCUT2D eigenvalue weighted by Crippen LogP contribution is -2.21. The Balaban J connectivity index is 1.69. The molecule has 3 rings (SSSR count). The molecule has 0 saturated carbocycles. The Bertz CT molecular complexity index is 772. The largest absolute Gasteiger partial charge is 0.393 e. The molecule has 0 spiro atoms. The maximum absolute atomic E-state index is 12.1. The van der Waals surface area contributed by atoms with Crippen molar-refractivity contribution in [1.82, 2.24) is 0 Å². The Kier molecular flexibility index (Phi) is 5.13. The molecule has 3 heteroatoms. The third-order valence-corrected chi connectivity index (χ3v) is 4.83. The van der Waals surface area contributed by atoms with Crippen molar-refractivity contribution in [3.8, 4) is 0 Å². The molecule has 128 valence electrons. The van der Waals surface area contributed by atoms with E-state index in [4.69, 9.17) is 4.74 Å². The average Bonchev–Trinajstić information content (AvgIpc) is 2.88. The molecule has 1 aliphatic rings. The predicted molar refractivity (Wildman–Crippen MR) is 97.8 cm³/mol. The lowest BCUT2D eigenvalue weighted by Gasteiger charge is -2.14. The van der Waals surface area contributed by atoms with Crippen LogP contribution in [0.4, 0.5) is 0 Å². The fourth-order valence-electron chi connectivity index (χ4n) is 3.24. The van der Waals surface area contributed by atoms with Gasteiger partial charge in [0.05, 0.1) is 11.8 Å². The number of cyclic esters (lactones) is 2. The van der Waals surface area contributed by atoms with Crippen LogP contribution < -0.4 is 0 Å². The van der Waals surface area contributed by atoms with Crippen molar-refractivity contribution in [1.29, 1.82) is 0 Å². The van der Waals surface area contributed by atoms with Gasteiger partial charge in [-0.3, -0.25) is 9.59 Å². The van der Waals surface area contributed by atoms with Gasteiger partial charge in [0.25, 0.3) is 0 Å². The molecule has 0 amide bonds. The van der Waals surface area contributed by atoms with Gasteiger partial charge in [0.2, 0.25) is 0 Å². The van der Waals surface area contributed by atoms with Gasteiger partial charge in [-0.05, 0) is 42.9 Å². The molecule has 1 aliphatic heterocycles. The molecule has 25 heavy (non-hydrogen) atoms. The predicted octanol–water partition coefficient (Wildman–Crippen LogP) is 4.13. The molecule has 1 heterocycles. The van der Waals surface area contributed by atoms with Crippen LogP contribution in [0.5, 0.6) is 0 Å². The second-order valence-corrected chi connectivity index (χ2v) is 6.63. The van der Waals surface area contributed by atoms with E-state index in [2.05, 4.69) is 30.8 Å². The van der Waals surface area contributed by atoms with Crippen LogP contribution in [-0.4, -0.2) is 11.9 Å². The number of aryl methyl sites for hydroxylation is 2. The highest BCUT2D eigenvalue weighted by atomic mass is 16.6. The number of carbonyl (C=O) groups excluding carboxylic acids is 2. The van der Waals surface area contributed by atoms with Crippen molar-refractivity contribution in [3.63, 3.8) is 0 Å². The summed E-state index contributed by atoms with van der Waals surface area (Å²) >= 11 is 0. The van der Waals surface area contributed by atoms with E-state index in [1.807, 2.05) is 31.2 Å². The second-order valence-electron chi connectivity index (χ2n) is 6.63. The lowest BCUT2D eigenvalue weighted by atomic mass is 9.85. The number of hydrogen-bond acceptors (Lipinski definition) is 3. The molecule has 0 aliphatic carbocycles. The first kappa shape index (κ1) is 17.2. The van der Waals surface area contributed by atoms with Crippen molar-refractivity contribution in [2.24, 2.45) is 11.8 Å². The molecule has 0 N–H and O–H groups in total. The molecule has 3 nitrogen and oxygen atoms in total. The lowest BCUT2D eigenvalue weighted by molar-refractivity contribution is -0.153. The number of rotatable bonds is 6. The van der Waals surface area contributed by atoms with Crippen LogP contribution in [0, 0.1) is 18.8 Å². The zero-order chi connectivity index (χ0) is 17.8. The van der Waals surface area contributed by atoms with Crippen molar-refractivity contribution >= 4 is 18.0 Å². The van der Waals surface area contributed by atoms with Gasteiger partial charge in [-0.15, -0.1) is 0 Å². The zero-order valence-electron chi connectivity index (χ0n) is 14.4. The molecule has 0 aromatic heterocycles. The third-order valence-electron chi connectivity index (χ3n) is 4.83. The molecule has 2 aromatic carbocycles. The van der Waals surface area contributed by atoms with Crippen molar-refractivity contribution in [2.45, 2.75) is 26.2 Å². The van der Waals surface area contributed by atoms with Gasteiger partial charge in [0.1, 0.15) is 0 Å². The van der Waals surface area contributed by atoms with Crippen LogP contribution in [0.1, 0.15) is 28.7 Å². The van der Waals surface area contributed by atoms with Crippen LogP contribution in [0.3, 0.4) is 0 Å². The molecule has 2 aromatic rings. The first-order chi connectivity index (χ1) is 12.1. The summed E-state index contributed by atoms with van der Waals surface area (Å²) in [4.78, 5) is 24.2. The quantitative estimate of drug-likeness (QED) is 0.589. The second kappa shape index (κ2) is 7.47. The minimum atomic E-state index is -0.397. The molecule has 0 bridgehead atoms. The van der Waals surface area contributed by atoms with Crippen LogP contribution in [0.15, 0.2) is 55.1 Å². The Morgan fingerprint density at radius 2 is 1.52 bits per heavy atom. The standard InChI is InChI=1S/C22H22O3/c1-3-16-8-10-18(11-9-16)14-20-19(21(23)25-22(20)24)13-12-17-6-4-15(2)5-7-17/h3-11,19-20H,1,12-14H2,2H3. The molecular weight excluding hydrogens is 312 g/mol. The van der Waals surface area contributed by atoms with E-state index in [0.717, 1.165) is 17.5 Å². The van der Waals surface area contributed by atoms with Crippen LogP contribution >= 0.6 is 0 Å². The van der Waals surface area contributed by atoms with Crippen molar-refractivity contribution in [2.75, 3.05) is 0 Å². The minimum Gasteiger partial charge on any atom is -0.393 e. The molecule has 1 saturated heterocycles. The normalized spacial score (nSPS) is 19.7. The monoisotopic (exact) mass is 334 g/mol.